The molecule has 0 aromatic heterocycles. The third-order valence-electron chi connectivity index (χ3n) is 1.57. The Morgan fingerprint density at radius 3 is 2.50 bits per heavy atom. The Bertz CT molecular complexity index is 449. The van der Waals surface area contributed by atoms with Gasteiger partial charge in [-0.3, -0.25) is 4.79 Å². The molecule has 1 aromatic carbocycles. The van der Waals surface area contributed by atoms with Crippen molar-refractivity contribution in [1.82, 2.24) is 0 Å². The van der Waals surface area contributed by atoms with Crippen LogP contribution in [0.15, 0.2) is 12.1 Å². The van der Waals surface area contributed by atoms with E-state index >= 15 is 0 Å². The summed E-state index contributed by atoms with van der Waals surface area (Å²) in [4.78, 5) is 21.5. The van der Waals surface area contributed by atoms with E-state index in [1.165, 1.54) is 19.1 Å². The molecule has 16 heavy (non-hydrogen) atoms. The highest BCUT2D eigenvalue weighted by molar-refractivity contribution is 6.40. The van der Waals surface area contributed by atoms with Crippen LogP contribution in [0.3, 0.4) is 0 Å². The minimum Gasteiger partial charge on any atom is -0.409 e. The molecule has 86 valence electrons. The van der Waals surface area contributed by atoms with Crippen molar-refractivity contribution in [1.29, 1.82) is 0 Å². The molecule has 0 aliphatic rings. The van der Waals surface area contributed by atoms with E-state index in [1.54, 1.807) is 0 Å². The molecule has 0 saturated heterocycles. The molecule has 2 amide bonds. The molecular formula is C9H8Cl2N2O3. The summed E-state index contributed by atoms with van der Waals surface area (Å²) >= 11 is 11.7. The minimum absolute atomic E-state index is 0.0153. The summed E-state index contributed by atoms with van der Waals surface area (Å²) in [5.74, 6) is -0.317. The summed E-state index contributed by atoms with van der Waals surface area (Å²) < 4.78 is 4.62. The van der Waals surface area contributed by atoms with Gasteiger partial charge in [0.15, 0.2) is 5.75 Å². The van der Waals surface area contributed by atoms with Crippen molar-refractivity contribution in [2.24, 2.45) is 5.73 Å². The van der Waals surface area contributed by atoms with Crippen LogP contribution in [0.25, 0.3) is 0 Å². The normalized spacial score (nSPS) is 9.69. The fourth-order valence-electron chi connectivity index (χ4n) is 1.01. The summed E-state index contributed by atoms with van der Waals surface area (Å²) in [6.45, 7) is 1.30. The van der Waals surface area contributed by atoms with Crippen molar-refractivity contribution in [2.45, 2.75) is 6.92 Å². The fourth-order valence-corrected chi connectivity index (χ4v) is 1.51. The lowest BCUT2D eigenvalue weighted by atomic mass is 10.3. The van der Waals surface area contributed by atoms with Gasteiger partial charge < -0.3 is 15.8 Å². The summed E-state index contributed by atoms with van der Waals surface area (Å²) in [6, 6.07) is 2.80. The molecule has 1 rings (SSSR count). The van der Waals surface area contributed by atoms with Gasteiger partial charge in [0, 0.05) is 6.92 Å². The second-order valence-corrected chi connectivity index (χ2v) is 3.62. The van der Waals surface area contributed by atoms with Gasteiger partial charge in [-0.25, -0.2) is 4.79 Å². The highest BCUT2D eigenvalue weighted by Gasteiger charge is 2.14. The van der Waals surface area contributed by atoms with Gasteiger partial charge in [-0.1, -0.05) is 23.2 Å². The molecule has 0 aliphatic heterocycles. The topological polar surface area (TPSA) is 81.4 Å². The number of amides is 2. The van der Waals surface area contributed by atoms with Crippen LogP contribution in [-0.4, -0.2) is 12.0 Å². The van der Waals surface area contributed by atoms with Crippen LogP contribution in [0.5, 0.6) is 5.75 Å². The number of hydrogen-bond donors (Lipinski definition) is 2. The first-order chi connectivity index (χ1) is 7.41. The van der Waals surface area contributed by atoms with Crippen LogP contribution in [-0.2, 0) is 4.79 Å². The van der Waals surface area contributed by atoms with Crippen LogP contribution in [0, 0.1) is 0 Å². The molecule has 5 nitrogen and oxygen atoms in total. The highest BCUT2D eigenvalue weighted by atomic mass is 35.5. The van der Waals surface area contributed by atoms with E-state index in [1.807, 2.05) is 0 Å². The second kappa shape index (κ2) is 5.05. The lowest BCUT2D eigenvalue weighted by molar-refractivity contribution is -0.114. The highest BCUT2D eigenvalue weighted by Crippen LogP contribution is 2.37. The zero-order valence-corrected chi connectivity index (χ0v) is 9.72. The third-order valence-corrected chi connectivity index (χ3v) is 2.26. The summed E-state index contributed by atoms with van der Waals surface area (Å²) in [5, 5.41) is 2.67. The maximum atomic E-state index is 10.9. The number of rotatable bonds is 2. The van der Waals surface area contributed by atoms with Crippen LogP contribution in [0.2, 0.25) is 10.0 Å². The minimum atomic E-state index is -1.00. The molecule has 1 aromatic rings. The number of halogens is 2. The lowest BCUT2D eigenvalue weighted by Gasteiger charge is -2.10. The maximum Gasteiger partial charge on any atom is 0.410 e. The number of benzene rings is 1. The standard InChI is InChI=1S/C9H8Cl2N2O3/c1-4(14)13-8-5(10)2-3-6(7(8)11)16-9(12)15/h2-3H,1H3,(H2,12,15)(H,13,14). The molecule has 0 heterocycles. The molecule has 0 fully saturated rings. The molecule has 0 bridgehead atoms. The van der Waals surface area contributed by atoms with Gasteiger partial charge in [-0.2, -0.15) is 0 Å². The Balaban J connectivity index is 3.15. The first-order valence-electron chi connectivity index (χ1n) is 4.14. The van der Waals surface area contributed by atoms with E-state index in [0.717, 1.165) is 0 Å². The molecule has 0 aliphatic carbocycles. The van der Waals surface area contributed by atoms with Gasteiger partial charge in [0.25, 0.3) is 0 Å². The van der Waals surface area contributed by atoms with Gasteiger partial charge >= 0.3 is 6.09 Å². The van der Waals surface area contributed by atoms with E-state index in [2.05, 4.69) is 10.1 Å². The summed E-state index contributed by atoms with van der Waals surface area (Å²) in [6.07, 6.45) is -1.00. The average Bonchev–Trinajstić information content (AvgIpc) is 2.16. The molecule has 3 N–H and O–H groups in total. The zero-order chi connectivity index (χ0) is 12.3. The Labute approximate surface area is 101 Å². The van der Waals surface area contributed by atoms with Gasteiger partial charge in [0.2, 0.25) is 5.91 Å². The predicted octanol–water partition coefficient (Wildman–Crippen LogP) is 2.41. The third kappa shape index (κ3) is 3.01. The summed E-state index contributed by atoms with van der Waals surface area (Å²) in [5.41, 5.74) is 5.02. The predicted molar refractivity (Wildman–Crippen MR) is 61.0 cm³/mol. The van der Waals surface area contributed by atoms with Crippen LogP contribution in [0.4, 0.5) is 10.5 Å². The Morgan fingerprint density at radius 1 is 1.38 bits per heavy atom. The van der Waals surface area contributed by atoms with E-state index in [-0.39, 0.29) is 27.4 Å². The van der Waals surface area contributed by atoms with Gasteiger partial charge in [0.05, 0.1) is 10.7 Å². The van der Waals surface area contributed by atoms with Gasteiger partial charge in [-0.15, -0.1) is 0 Å². The van der Waals surface area contributed by atoms with Crippen LogP contribution < -0.4 is 15.8 Å². The largest absolute Gasteiger partial charge is 0.410 e. The monoisotopic (exact) mass is 262 g/mol. The smallest absolute Gasteiger partial charge is 0.409 e. The first-order valence-corrected chi connectivity index (χ1v) is 4.90. The molecule has 0 unspecified atom stereocenters. The van der Waals surface area contributed by atoms with Crippen molar-refractivity contribution >= 4 is 40.9 Å². The Kier molecular flexibility index (Phi) is 3.98. The molecular weight excluding hydrogens is 255 g/mol. The van der Waals surface area contributed by atoms with Gasteiger partial charge in [0.1, 0.15) is 5.02 Å². The number of carbonyl (C=O) groups excluding carboxylic acids is 2. The van der Waals surface area contributed by atoms with Crippen molar-refractivity contribution in [3.05, 3.63) is 22.2 Å². The van der Waals surface area contributed by atoms with Crippen molar-refractivity contribution < 1.29 is 14.3 Å². The molecule has 0 saturated carbocycles. The van der Waals surface area contributed by atoms with E-state index in [0.29, 0.717) is 0 Å². The number of carbonyl (C=O) groups is 2. The number of nitrogens with two attached hydrogens (primary N) is 1. The lowest BCUT2D eigenvalue weighted by Crippen LogP contribution is -2.17. The van der Waals surface area contributed by atoms with E-state index in [9.17, 15) is 9.59 Å². The van der Waals surface area contributed by atoms with E-state index in [4.69, 9.17) is 28.9 Å². The number of anilines is 1. The molecule has 0 atom stereocenters. The van der Waals surface area contributed by atoms with Crippen LogP contribution >= 0.6 is 23.2 Å². The van der Waals surface area contributed by atoms with Crippen molar-refractivity contribution in [3.8, 4) is 5.75 Å². The zero-order valence-electron chi connectivity index (χ0n) is 8.21. The summed E-state index contributed by atoms with van der Waals surface area (Å²) in [7, 11) is 0. The average molecular weight is 263 g/mol. The Morgan fingerprint density at radius 2 is 2.00 bits per heavy atom. The molecule has 0 spiro atoms. The number of ether oxygens (including phenoxy) is 1. The SMILES string of the molecule is CC(=O)Nc1c(Cl)ccc(OC(N)=O)c1Cl. The fraction of sp³-hybridized carbons (Fsp3) is 0.111. The number of hydrogen-bond acceptors (Lipinski definition) is 3. The van der Waals surface area contributed by atoms with Crippen LogP contribution in [0.1, 0.15) is 6.92 Å². The second-order valence-electron chi connectivity index (χ2n) is 2.84. The molecule has 0 radical (unpaired) electrons. The first kappa shape index (κ1) is 12.6. The maximum absolute atomic E-state index is 10.9. The molecule has 7 heteroatoms. The quantitative estimate of drug-likeness (QED) is 0.859. The van der Waals surface area contributed by atoms with Crippen molar-refractivity contribution in [3.63, 3.8) is 0 Å². The van der Waals surface area contributed by atoms with Crippen molar-refractivity contribution in [2.75, 3.05) is 5.32 Å². The number of primary amides is 1. The Hall–Kier alpha value is -1.46. The van der Waals surface area contributed by atoms with E-state index < -0.39 is 6.09 Å². The van der Waals surface area contributed by atoms with Gasteiger partial charge in [-0.05, 0) is 12.1 Å². The number of nitrogens with one attached hydrogen (secondary N) is 1.